The fourth-order valence-corrected chi connectivity index (χ4v) is 1.63. The van der Waals surface area contributed by atoms with Crippen molar-refractivity contribution in [1.82, 2.24) is 15.2 Å². The molecule has 0 amide bonds. The Labute approximate surface area is 64.3 Å². The average molecular weight is 155 g/mol. The quantitative estimate of drug-likeness (QED) is 0.496. The van der Waals surface area contributed by atoms with Gasteiger partial charge < -0.3 is 5.43 Å². The molecule has 0 fully saturated rings. The zero-order valence-electron chi connectivity index (χ0n) is 5.50. The van der Waals surface area contributed by atoms with Crippen LogP contribution >= 0.6 is 11.9 Å². The van der Waals surface area contributed by atoms with Gasteiger partial charge in [0.1, 0.15) is 0 Å². The maximum Gasteiger partial charge on any atom is 0.0991 e. The second-order valence-corrected chi connectivity index (χ2v) is 2.98. The molecule has 0 unspecified atom stereocenters. The summed E-state index contributed by atoms with van der Waals surface area (Å²) in [5.74, 6) is 0.957. The zero-order valence-corrected chi connectivity index (χ0v) is 6.32. The van der Waals surface area contributed by atoms with Gasteiger partial charge in [-0.15, -0.1) is 0 Å². The van der Waals surface area contributed by atoms with Crippen LogP contribution in [0, 0.1) is 0 Å². The van der Waals surface area contributed by atoms with Gasteiger partial charge in [0.05, 0.1) is 11.6 Å². The van der Waals surface area contributed by atoms with Crippen molar-refractivity contribution in [2.75, 3.05) is 12.4 Å². The normalized spacial score (nSPS) is 23.2. The standard InChI is InChI=1S/C6H9N3S/c1-3-7-9-5-10-8-4-2-6(1)9/h1-3,7-8H,4-5H2. The predicted octanol–water partition coefficient (Wildman–Crippen LogP) is 0.413. The first-order valence-electron chi connectivity index (χ1n) is 3.22. The summed E-state index contributed by atoms with van der Waals surface area (Å²) in [7, 11) is 0. The number of allylic oxidation sites excluding steroid dienone is 1. The zero-order chi connectivity index (χ0) is 6.81. The summed E-state index contributed by atoms with van der Waals surface area (Å²) in [6, 6.07) is 0. The Morgan fingerprint density at radius 2 is 2.60 bits per heavy atom. The van der Waals surface area contributed by atoms with Crippen molar-refractivity contribution in [2.45, 2.75) is 0 Å². The average Bonchev–Trinajstić information content (AvgIpc) is 2.28. The fraction of sp³-hybridized carbons (Fsp3) is 0.333. The Bertz CT molecular complexity index is 187. The summed E-state index contributed by atoms with van der Waals surface area (Å²) in [5, 5.41) is 2.10. The number of fused-ring (bicyclic) bond motifs is 1. The monoisotopic (exact) mass is 155 g/mol. The van der Waals surface area contributed by atoms with E-state index in [1.807, 2.05) is 6.20 Å². The molecule has 54 valence electrons. The van der Waals surface area contributed by atoms with Gasteiger partial charge in [-0.3, -0.25) is 9.73 Å². The topological polar surface area (TPSA) is 27.3 Å². The summed E-state index contributed by atoms with van der Waals surface area (Å²) >= 11 is 1.71. The van der Waals surface area contributed by atoms with Gasteiger partial charge in [-0.1, -0.05) is 11.9 Å². The van der Waals surface area contributed by atoms with Crippen molar-refractivity contribution in [1.29, 1.82) is 0 Å². The van der Waals surface area contributed by atoms with Crippen LogP contribution in [-0.2, 0) is 0 Å². The van der Waals surface area contributed by atoms with Gasteiger partial charge in [0, 0.05) is 12.7 Å². The molecule has 0 spiro atoms. The van der Waals surface area contributed by atoms with Gasteiger partial charge in [-0.2, -0.15) is 0 Å². The van der Waals surface area contributed by atoms with Crippen LogP contribution in [0.1, 0.15) is 0 Å². The van der Waals surface area contributed by atoms with E-state index < -0.39 is 0 Å². The molecule has 0 saturated carbocycles. The number of nitrogens with zero attached hydrogens (tertiary/aromatic N) is 1. The predicted molar refractivity (Wildman–Crippen MR) is 42.7 cm³/mol. The molecule has 0 atom stereocenters. The molecule has 2 rings (SSSR count). The van der Waals surface area contributed by atoms with Crippen molar-refractivity contribution in [3.8, 4) is 0 Å². The SMILES string of the molecule is C1=CC2=CCNSCN2N1. The van der Waals surface area contributed by atoms with E-state index in [1.54, 1.807) is 11.9 Å². The van der Waals surface area contributed by atoms with E-state index in [-0.39, 0.29) is 0 Å². The number of hydrogen-bond donors (Lipinski definition) is 2. The minimum atomic E-state index is 0.947. The smallest absolute Gasteiger partial charge is 0.0991 e. The summed E-state index contributed by atoms with van der Waals surface area (Å²) in [4.78, 5) is 0. The number of hydrogen-bond acceptors (Lipinski definition) is 4. The maximum absolute atomic E-state index is 3.20. The van der Waals surface area contributed by atoms with Crippen LogP contribution in [0.5, 0.6) is 0 Å². The van der Waals surface area contributed by atoms with Crippen molar-refractivity contribution in [3.63, 3.8) is 0 Å². The Kier molecular flexibility index (Phi) is 1.56. The van der Waals surface area contributed by atoms with Crippen LogP contribution in [0.15, 0.2) is 24.0 Å². The van der Waals surface area contributed by atoms with E-state index in [2.05, 4.69) is 27.3 Å². The van der Waals surface area contributed by atoms with Gasteiger partial charge in [0.25, 0.3) is 0 Å². The highest BCUT2D eigenvalue weighted by molar-refractivity contribution is 7.97. The Balaban J connectivity index is 2.16. The molecule has 10 heavy (non-hydrogen) atoms. The van der Waals surface area contributed by atoms with E-state index >= 15 is 0 Å². The van der Waals surface area contributed by atoms with Crippen LogP contribution in [0.2, 0.25) is 0 Å². The molecule has 2 N–H and O–H groups in total. The first-order chi connectivity index (χ1) is 4.97. The van der Waals surface area contributed by atoms with E-state index in [0.29, 0.717) is 0 Å². The molecule has 2 aliphatic heterocycles. The molecule has 2 heterocycles. The van der Waals surface area contributed by atoms with Crippen molar-refractivity contribution in [2.24, 2.45) is 0 Å². The summed E-state index contributed by atoms with van der Waals surface area (Å²) in [5.41, 5.74) is 4.38. The lowest BCUT2D eigenvalue weighted by Gasteiger charge is -2.16. The molecule has 0 aromatic heterocycles. The van der Waals surface area contributed by atoms with E-state index in [4.69, 9.17) is 0 Å². The third-order valence-electron chi connectivity index (χ3n) is 1.49. The Morgan fingerprint density at radius 1 is 1.60 bits per heavy atom. The second-order valence-electron chi connectivity index (χ2n) is 2.14. The molecule has 0 aromatic rings. The van der Waals surface area contributed by atoms with E-state index in [9.17, 15) is 0 Å². The number of rotatable bonds is 0. The third-order valence-corrected chi connectivity index (χ3v) is 2.24. The van der Waals surface area contributed by atoms with Crippen molar-refractivity contribution < 1.29 is 0 Å². The minimum Gasteiger partial charge on any atom is -0.305 e. The fourth-order valence-electron chi connectivity index (χ4n) is 0.983. The van der Waals surface area contributed by atoms with Crippen molar-refractivity contribution >= 4 is 11.9 Å². The molecular formula is C6H9N3S. The highest BCUT2D eigenvalue weighted by Crippen LogP contribution is 2.14. The maximum atomic E-state index is 3.20. The van der Waals surface area contributed by atoms with Crippen LogP contribution in [-0.4, -0.2) is 17.4 Å². The van der Waals surface area contributed by atoms with Crippen LogP contribution in [0.3, 0.4) is 0 Å². The molecule has 0 saturated heterocycles. The molecule has 4 heteroatoms. The molecule has 2 aliphatic rings. The van der Waals surface area contributed by atoms with Gasteiger partial charge >= 0.3 is 0 Å². The van der Waals surface area contributed by atoms with Crippen LogP contribution in [0.4, 0.5) is 0 Å². The highest BCUT2D eigenvalue weighted by Gasteiger charge is 2.11. The van der Waals surface area contributed by atoms with Crippen molar-refractivity contribution in [3.05, 3.63) is 24.0 Å². The summed E-state index contributed by atoms with van der Waals surface area (Å²) < 4.78 is 3.20. The van der Waals surface area contributed by atoms with Gasteiger partial charge in [0.15, 0.2) is 0 Å². The van der Waals surface area contributed by atoms with Gasteiger partial charge in [-0.25, -0.2) is 0 Å². The largest absolute Gasteiger partial charge is 0.305 e. The minimum absolute atomic E-state index is 0.947. The highest BCUT2D eigenvalue weighted by atomic mass is 32.2. The van der Waals surface area contributed by atoms with Crippen LogP contribution < -0.4 is 10.1 Å². The molecule has 0 radical (unpaired) electrons. The second kappa shape index (κ2) is 2.56. The van der Waals surface area contributed by atoms with E-state index in [0.717, 1.165) is 12.4 Å². The molecular weight excluding hydrogens is 146 g/mol. The Morgan fingerprint density at radius 3 is 3.60 bits per heavy atom. The molecule has 0 aliphatic carbocycles. The summed E-state index contributed by atoms with van der Waals surface area (Å²) in [6.07, 6.45) is 6.20. The lowest BCUT2D eigenvalue weighted by molar-refractivity contribution is 0.370. The third kappa shape index (κ3) is 0.998. The first-order valence-corrected chi connectivity index (χ1v) is 4.20. The molecule has 0 bridgehead atoms. The summed E-state index contributed by atoms with van der Waals surface area (Å²) in [6.45, 7) is 0.947. The molecule has 3 nitrogen and oxygen atoms in total. The van der Waals surface area contributed by atoms with E-state index in [1.165, 1.54) is 5.70 Å². The lowest BCUT2D eigenvalue weighted by Crippen LogP contribution is -2.27. The lowest BCUT2D eigenvalue weighted by atomic mass is 10.4. The Hall–Kier alpha value is -0.610. The van der Waals surface area contributed by atoms with Gasteiger partial charge in [-0.05, 0) is 12.2 Å². The number of hydrazine groups is 1. The number of nitrogens with one attached hydrogen (secondary N) is 2. The first kappa shape index (κ1) is 6.12. The van der Waals surface area contributed by atoms with Crippen LogP contribution in [0.25, 0.3) is 0 Å². The van der Waals surface area contributed by atoms with Gasteiger partial charge in [0.2, 0.25) is 0 Å². The molecule has 0 aromatic carbocycles.